The van der Waals surface area contributed by atoms with Gasteiger partial charge in [0.2, 0.25) is 7.94 Å². The van der Waals surface area contributed by atoms with Crippen molar-refractivity contribution in [1.82, 2.24) is 20.6 Å². The van der Waals surface area contributed by atoms with Gasteiger partial charge >= 0.3 is 0 Å². The first kappa shape index (κ1) is 26.1. The molecule has 0 radical (unpaired) electrons. The van der Waals surface area contributed by atoms with Crippen molar-refractivity contribution < 1.29 is 38.9 Å². The summed E-state index contributed by atoms with van der Waals surface area (Å²) >= 11 is 0. The molecule has 2 heterocycles. The average Bonchev–Trinajstić information content (AvgIpc) is 2.73. The van der Waals surface area contributed by atoms with Crippen LogP contribution in [0, 0.1) is 0 Å². The molecular formula is C18H22N4O8P2-2. The largest absolute Gasteiger partial charge is 0.688 e. The molecule has 0 aliphatic heterocycles. The van der Waals surface area contributed by atoms with Gasteiger partial charge in [-0.05, 0) is 30.7 Å². The molecule has 2 aromatic heterocycles. The van der Waals surface area contributed by atoms with Crippen molar-refractivity contribution in [3.63, 3.8) is 0 Å². The standard InChI is InChI=1S/C18H24N4O8P2/c23-17(19-7-1-9-31(25,26)27)13-3-5-15(21-11-13)16-6-4-14(12-22-16)18(24)20-8-2-10-32(28,29)30/h3-6,11-12H,1-2,7-10H2,(H,19,23)(H,20,24)(H2,25,26,27)(H2,28,29,30)/p-2. The van der Waals surface area contributed by atoms with E-state index in [9.17, 15) is 29.2 Å². The molecule has 0 atom stereocenters. The van der Waals surface area contributed by atoms with Gasteiger partial charge in [0.1, 0.15) is 6.16 Å². The number of hydrogen-bond donors (Lipinski definition) is 4. The number of pyridine rings is 2. The molecule has 0 saturated heterocycles. The van der Waals surface area contributed by atoms with Crippen molar-refractivity contribution >= 4 is 27.7 Å². The Balaban J connectivity index is 1.86. The molecule has 0 bridgehead atoms. The van der Waals surface area contributed by atoms with Gasteiger partial charge in [-0.1, -0.05) is 0 Å². The maximum atomic E-state index is 12.0. The SMILES string of the molecule is O=C(NCCC[P+]([O-])([O-])[O-])c1ccc(-c2ccc(C(=O)NCCC[P+]([O-])(O)O)cn2)nc1. The molecule has 0 fully saturated rings. The average molecular weight is 484 g/mol. The Morgan fingerprint density at radius 1 is 0.781 bits per heavy atom. The van der Waals surface area contributed by atoms with Crippen LogP contribution in [0.25, 0.3) is 11.4 Å². The van der Waals surface area contributed by atoms with Crippen LogP contribution >= 0.6 is 15.9 Å². The van der Waals surface area contributed by atoms with E-state index in [0.717, 1.165) is 0 Å². The lowest BCUT2D eigenvalue weighted by Gasteiger charge is -2.42. The third kappa shape index (κ3) is 9.56. The fourth-order valence-corrected chi connectivity index (χ4v) is 3.64. The monoisotopic (exact) mass is 484 g/mol. The maximum Gasteiger partial charge on any atom is 0.252 e. The third-order valence-corrected chi connectivity index (χ3v) is 5.88. The highest BCUT2D eigenvalue weighted by Gasteiger charge is 2.17. The van der Waals surface area contributed by atoms with Crippen molar-refractivity contribution in [3.8, 4) is 11.4 Å². The van der Waals surface area contributed by atoms with E-state index in [0.29, 0.717) is 11.4 Å². The minimum Gasteiger partial charge on any atom is -0.688 e. The quantitative estimate of drug-likeness (QED) is 0.192. The molecular weight excluding hydrogens is 462 g/mol. The summed E-state index contributed by atoms with van der Waals surface area (Å²) in [5.74, 6) is -0.894. The van der Waals surface area contributed by atoms with Crippen molar-refractivity contribution in [1.29, 1.82) is 0 Å². The van der Waals surface area contributed by atoms with Crippen molar-refractivity contribution in [3.05, 3.63) is 47.8 Å². The second kappa shape index (κ2) is 11.6. The van der Waals surface area contributed by atoms with E-state index in [4.69, 9.17) is 9.79 Å². The molecule has 0 unspecified atom stereocenters. The lowest BCUT2D eigenvalue weighted by molar-refractivity contribution is -0.427. The molecule has 2 amide bonds. The Kier molecular flexibility index (Phi) is 9.50. The Morgan fingerprint density at radius 3 is 1.56 bits per heavy atom. The molecule has 0 aliphatic rings. The van der Waals surface area contributed by atoms with E-state index in [2.05, 4.69) is 20.6 Å². The molecule has 4 N–H and O–H groups in total. The summed E-state index contributed by atoms with van der Waals surface area (Å²) in [6.07, 6.45) is 1.98. The Hall–Kier alpha value is -2.14. The third-order valence-electron chi connectivity index (χ3n) is 4.12. The minimum atomic E-state index is -4.59. The summed E-state index contributed by atoms with van der Waals surface area (Å²) in [6.45, 7) is 0.156. The van der Waals surface area contributed by atoms with E-state index in [-0.39, 0.29) is 43.2 Å². The topological polar surface area (TPSA) is 217 Å². The van der Waals surface area contributed by atoms with Crippen LogP contribution in [0.5, 0.6) is 0 Å². The minimum absolute atomic E-state index is 0.0229. The van der Waals surface area contributed by atoms with Gasteiger partial charge in [-0.3, -0.25) is 19.6 Å². The first-order valence-corrected chi connectivity index (χ1v) is 13.0. The van der Waals surface area contributed by atoms with Crippen LogP contribution in [0.3, 0.4) is 0 Å². The van der Waals surface area contributed by atoms with Crippen molar-refractivity contribution in [2.75, 3.05) is 25.4 Å². The smallest absolute Gasteiger partial charge is 0.252 e. The number of hydrogen-bond acceptors (Lipinski definition) is 10. The van der Waals surface area contributed by atoms with Gasteiger partial charge in [0, 0.05) is 38.1 Å². The Labute approximate surface area is 185 Å². The number of carbonyl (C=O) groups is 2. The normalized spacial score (nSPS) is 11.8. The number of nitrogens with zero attached hydrogens (tertiary/aromatic N) is 2. The van der Waals surface area contributed by atoms with Crippen LogP contribution in [0.1, 0.15) is 33.6 Å². The maximum absolute atomic E-state index is 12.0. The molecule has 0 saturated carbocycles. The van der Waals surface area contributed by atoms with Gasteiger partial charge in [0.15, 0.2) is 0 Å². The Morgan fingerprint density at radius 2 is 1.22 bits per heavy atom. The highest BCUT2D eigenvalue weighted by Crippen LogP contribution is 2.39. The highest BCUT2D eigenvalue weighted by atomic mass is 31.2. The fraction of sp³-hybridized carbons (Fsp3) is 0.333. The second-order valence-corrected chi connectivity index (χ2v) is 10.3. The molecule has 12 nitrogen and oxygen atoms in total. The summed E-state index contributed by atoms with van der Waals surface area (Å²) in [5.41, 5.74) is 1.42. The summed E-state index contributed by atoms with van der Waals surface area (Å²) in [6, 6.07) is 6.15. The van der Waals surface area contributed by atoms with Gasteiger partial charge < -0.3 is 30.2 Å². The van der Waals surface area contributed by atoms with E-state index in [1.165, 1.54) is 24.5 Å². The van der Waals surface area contributed by atoms with Gasteiger partial charge in [-0.15, -0.1) is 0 Å². The van der Waals surface area contributed by atoms with Crippen LogP contribution in [0.2, 0.25) is 0 Å². The first-order chi connectivity index (χ1) is 14.9. The molecule has 2 rings (SSSR count). The fourth-order valence-electron chi connectivity index (χ4n) is 2.53. The van der Waals surface area contributed by atoms with Gasteiger partial charge in [0.05, 0.1) is 22.5 Å². The van der Waals surface area contributed by atoms with Crippen molar-refractivity contribution in [2.24, 2.45) is 0 Å². The van der Waals surface area contributed by atoms with Gasteiger partial charge in [-0.2, -0.15) is 7.94 Å². The second-order valence-electron chi connectivity index (χ2n) is 6.81. The molecule has 2 aromatic rings. The van der Waals surface area contributed by atoms with Crippen LogP contribution in [-0.2, 0) is 0 Å². The Bertz CT molecular complexity index is 824. The van der Waals surface area contributed by atoms with E-state index in [1.807, 2.05) is 0 Å². The molecule has 174 valence electrons. The molecule has 0 aromatic carbocycles. The molecule has 0 spiro atoms. The predicted molar refractivity (Wildman–Crippen MR) is 109 cm³/mol. The number of amides is 2. The lowest BCUT2D eigenvalue weighted by atomic mass is 10.1. The number of aromatic nitrogens is 2. The van der Waals surface area contributed by atoms with E-state index < -0.39 is 33.9 Å². The molecule has 14 heteroatoms. The summed E-state index contributed by atoms with van der Waals surface area (Å²) in [5, 5.41) is 5.05. The molecule has 32 heavy (non-hydrogen) atoms. The van der Waals surface area contributed by atoms with Crippen molar-refractivity contribution in [2.45, 2.75) is 12.8 Å². The van der Waals surface area contributed by atoms with Gasteiger partial charge in [-0.25, -0.2) is 9.79 Å². The highest BCUT2D eigenvalue weighted by molar-refractivity contribution is 7.57. The first-order valence-electron chi connectivity index (χ1n) is 9.49. The number of carbonyl (C=O) groups excluding carboxylic acids is 2. The lowest BCUT2D eigenvalue weighted by Crippen LogP contribution is -2.36. The summed E-state index contributed by atoms with van der Waals surface area (Å²) in [4.78, 5) is 92.4. The zero-order valence-corrected chi connectivity index (χ0v) is 18.6. The number of rotatable bonds is 11. The molecule has 0 aliphatic carbocycles. The summed E-state index contributed by atoms with van der Waals surface area (Å²) < 4.78 is 0. The van der Waals surface area contributed by atoms with Crippen LogP contribution < -0.4 is 30.2 Å². The predicted octanol–water partition coefficient (Wildman–Crippen LogP) is -2.67. The zero-order chi connectivity index (χ0) is 23.8. The van der Waals surface area contributed by atoms with Crippen LogP contribution in [0.15, 0.2) is 36.7 Å². The van der Waals surface area contributed by atoms with E-state index >= 15 is 0 Å². The number of nitrogens with one attached hydrogen (secondary N) is 2. The summed E-state index contributed by atoms with van der Waals surface area (Å²) in [7, 11) is -8.68. The zero-order valence-electron chi connectivity index (χ0n) is 16.8. The van der Waals surface area contributed by atoms with E-state index in [1.54, 1.807) is 12.1 Å². The van der Waals surface area contributed by atoms with Gasteiger partial charge in [0.25, 0.3) is 11.8 Å². The van der Waals surface area contributed by atoms with Crippen LogP contribution in [-0.4, -0.2) is 57.0 Å². The van der Waals surface area contributed by atoms with Crippen LogP contribution in [0.4, 0.5) is 0 Å².